The minimum atomic E-state index is -0.259. The predicted molar refractivity (Wildman–Crippen MR) is 93.8 cm³/mol. The van der Waals surface area contributed by atoms with Crippen molar-refractivity contribution in [3.63, 3.8) is 0 Å². The molecule has 2 N–H and O–H groups in total. The van der Waals surface area contributed by atoms with Gasteiger partial charge in [0, 0.05) is 25.2 Å². The Bertz CT molecular complexity index is 605. The van der Waals surface area contributed by atoms with Gasteiger partial charge in [-0.05, 0) is 51.5 Å². The van der Waals surface area contributed by atoms with Crippen LogP contribution in [0.5, 0.6) is 0 Å². The third-order valence-electron chi connectivity index (χ3n) is 4.57. The summed E-state index contributed by atoms with van der Waals surface area (Å²) in [5.41, 5.74) is 6.70. The van der Waals surface area contributed by atoms with E-state index in [9.17, 15) is 9.59 Å². The van der Waals surface area contributed by atoms with Gasteiger partial charge in [0.05, 0.1) is 5.54 Å². The van der Waals surface area contributed by atoms with Crippen LogP contribution < -0.4 is 5.73 Å². The minimum Gasteiger partial charge on any atom is -0.370 e. The standard InChI is InChI=1S/C18H30N4O2/c1-12(2)15-11-14(20-22(15)18(3,4)5)17(24)21-8-6-13(7-9-21)10-16(19)23/h11-13H,6-10H2,1-5H3,(H2,19,23). The summed E-state index contributed by atoms with van der Waals surface area (Å²) in [6.07, 6.45) is 2.07. The van der Waals surface area contributed by atoms with Gasteiger partial charge in [-0.15, -0.1) is 0 Å². The molecule has 6 heteroatoms. The molecule has 1 aromatic rings. The van der Waals surface area contributed by atoms with Crippen molar-refractivity contribution in [2.24, 2.45) is 11.7 Å². The van der Waals surface area contributed by atoms with Gasteiger partial charge < -0.3 is 10.6 Å². The molecule has 1 aromatic heterocycles. The molecule has 24 heavy (non-hydrogen) atoms. The summed E-state index contributed by atoms with van der Waals surface area (Å²) in [5, 5.41) is 4.60. The van der Waals surface area contributed by atoms with Crippen molar-refractivity contribution in [2.45, 2.75) is 65.3 Å². The average molecular weight is 334 g/mol. The van der Waals surface area contributed by atoms with Crippen LogP contribution >= 0.6 is 0 Å². The highest BCUT2D eigenvalue weighted by molar-refractivity contribution is 5.92. The van der Waals surface area contributed by atoms with E-state index in [0.717, 1.165) is 18.5 Å². The van der Waals surface area contributed by atoms with Crippen molar-refractivity contribution in [1.82, 2.24) is 14.7 Å². The number of piperidine rings is 1. The number of primary amides is 1. The monoisotopic (exact) mass is 334 g/mol. The third-order valence-corrected chi connectivity index (χ3v) is 4.57. The van der Waals surface area contributed by atoms with Gasteiger partial charge >= 0.3 is 0 Å². The first kappa shape index (κ1) is 18.5. The summed E-state index contributed by atoms with van der Waals surface area (Å²) in [6.45, 7) is 11.8. The lowest BCUT2D eigenvalue weighted by molar-refractivity contribution is -0.119. The van der Waals surface area contributed by atoms with Crippen molar-refractivity contribution in [3.05, 3.63) is 17.5 Å². The second-order valence-corrected chi connectivity index (χ2v) is 8.10. The maximum absolute atomic E-state index is 12.8. The minimum absolute atomic E-state index is 0.0163. The van der Waals surface area contributed by atoms with Crippen LogP contribution in [0.1, 0.15) is 76.0 Å². The molecular weight excluding hydrogens is 304 g/mol. The quantitative estimate of drug-likeness (QED) is 0.918. The SMILES string of the molecule is CC(C)c1cc(C(=O)N2CCC(CC(N)=O)CC2)nn1C(C)(C)C. The van der Waals surface area contributed by atoms with Gasteiger partial charge in [-0.1, -0.05) is 13.8 Å². The van der Waals surface area contributed by atoms with Gasteiger partial charge in [0.2, 0.25) is 5.91 Å². The van der Waals surface area contributed by atoms with Crippen LogP contribution in [0, 0.1) is 5.92 Å². The van der Waals surface area contributed by atoms with E-state index in [0.29, 0.717) is 37.0 Å². The molecule has 134 valence electrons. The van der Waals surface area contributed by atoms with Crippen molar-refractivity contribution >= 4 is 11.8 Å². The molecule has 2 heterocycles. The molecule has 0 bridgehead atoms. The van der Waals surface area contributed by atoms with Crippen LogP contribution in [-0.2, 0) is 10.3 Å². The molecule has 0 aromatic carbocycles. The maximum atomic E-state index is 12.8. The molecule has 0 spiro atoms. The van der Waals surface area contributed by atoms with E-state index in [1.54, 1.807) is 0 Å². The maximum Gasteiger partial charge on any atom is 0.274 e. The molecule has 1 aliphatic rings. The normalized spacial score (nSPS) is 16.7. The first-order valence-corrected chi connectivity index (χ1v) is 8.77. The Hall–Kier alpha value is -1.85. The Balaban J connectivity index is 2.12. The molecule has 0 unspecified atom stereocenters. The average Bonchev–Trinajstić information content (AvgIpc) is 2.92. The fraction of sp³-hybridized carbons (Fsp3) is 0.722. The molecule has 2 rings (SSSR count). The predicted octanol–water partition coefficient (Wildman–Crippen LogP) is 2.49. The van der Waals surface area contributed by atoms with E-state index in [1.165, 1.54) is 0 Å². The number of carbonyl (C=O) groups is 2. The molecule has 0 radical (unpaired) electrons. The summed E-state index contributed by atoms with van der Waals surface area (Å²) in [7, 11) is 0. The molecule has 1 fully saturated rings. The van der Waals surface area contributed by atoms with E-state index in [2.05, 4.69) is 39.7 Å². The number of amides is 2. The Morgan fingerprint density at radius 1 is 1.29 bits per heavy atom. The van der Waals surface area contributed by atoms with Gasteiger partial charge in [0.25, 0.3) is 5.91 Å². The lowest BCUT2D eigenvalue weighted by Gasteiger charge is -2.31. The molecule has 0 aliphatic carbocycles. The Morgan fingerprint density at radius 3 is 2.29 bits per heavy atom. The Kier molecular flexibility index (Phi) is 5.35. The number of carbonyl (C=O) groups excluding carboxylic acids is 2. The van der Waals surface area contributed by atoms with Crippen LogP contribution in [0.2, 0.25) is 0 Å². The zero-order chi connectivity index (χ0) is 18.1. The molecule has 1 aliphatic heterocycles. The van der Waals surface area contributed by atoms with Crippen molar-refractivity contribution in [2.75, 3.05) is 13.1 Å². The molecule has 2 amide bonds. The van der Waals surface area contributed by atoms with E-state index in [4.69, 9.17) is 5.73 Å². The van der Waals surface area contributed by atoms with E-state index in [1.807, 2.05) is 15.6 Å². The van der Waals surface area contributed by atoms with E-state index < -0.39 is 0 Å². The highest BCUT2D eigenvalue weighted by Crippen LogP contribution is 2.26. The largest absolute Gasteiger partial charge is 0.370 e. The molecule has 0 saturated carbocycles. The Labute approximate surface area is 144 Å². The lowest BCUT2D eigenvalue weighted by atomic mass is 9.93. The van der Waals surface area contributed by atoms with Gasteiger partial charge in [-0.3, -0.25) is 14.3 Å². The summed E-state index contributed by atoms with van der Waals surface area (Å²) < 4.78 is 1.96. The van der Waals surface area contributed by atoms with Crippen LogP contribution in [0.3, 0.4) is 0 Å². The molecule has 6 nitrogen and oxygen atoms in total. The topological polar surface area (TPSA) is 81.2 Å². The van der Waals surface area contributed by atoms with E-state index >= 15 is 0 Å². The summed E-state index contributed by atoms with van der Waals surface area (Å²) >= 11 is 0. The Morgan fingerprint density at radius 2 is 1.88 bits per heavy atom. The lowest BCUT2D eigenvalue weighted by Crippen LogP contribution is -2.39. The number of hydrogen-bond acceptors (Lipinski definition) is 3. The van der Waals surface area contributed by atoms with Gasteiger partial charge in [0.15, 0.2) is 5.69 Å². The van der Waals surface area contributed by atoms with E-state index in [-0.39, 0.29) is 17.4 Å². The van der Waals surface area contributed by atoms with Gasteiger partial charge in [-0.25, -0.2) is 0 Å². The number of hydrogen-bond donors (Lipinski definition) is 1. The number of nitrogens with two attached hydrogens (primary N) is 1. The summed E-state index contributed by atoms with van der Waals surface area (Å²) in [6, 6.07) is 1.92. The molecular formula is C18H30N4O2. The van der Waals surface area contributed by atoms with Gasteiger partial charge in [0.1, 0.15) is 0 Å². The molecule has 0 atom stereocenters. The van der Waals surface area contributed by atoms with Gasteiger partial charge in [-0.2, -0.15) is 5.10 Å². The van der Waals surface area contributed by atoms with Crippen molar-refractivity contribution in [1.29, 1.82) is 0 Å². The van der Waals surface area contributed by atoms with Crippen LogP contribution in [0.4, 0.5) is 0 Å². The second kappa shape index (κ2) is 6.95. The second-order valence-electron chi connectivity index (χ2n) is 8.10. The van der Waals surface area contributed by atoms with Crippen molar-refractivity contribution < 1.29 is 9.59 Å². The van der Waals surface area contributed by atoms with Crippen LogP contribution in [-0.4, -0.2) is 39.6 Å². The molecule has 1 saturated heterocycles. The summed E-state index contributed by atoms with van der Waals surface area (Å²) in [5.74, 6) is 0.326. The summed E-state index contributed by atoms with van der Waals surface area (Å²) in [4.78, 5) is 25.7. The van der Waals surface area contributed by atoms with Crippen molar-refractivity contribution in [3.8, 4) is 0 Å². The van der Waals surface area contributed by atoms with Crippen LogP contribution in [0.25, 0.3) is 0 Å². The smallest absolute Gasteiger partial charge is 0.274 e. The van der Waals surface area contributed by atoms with Crippen LogP contribution in [0.15, 0.2) is 6.07 Å². The number of nitrogens with zero attached hydrogens (tertiary/aromatic N) is 3. The zero-order valence-electron chi connectivity index (χ0n) is 15.5. The highest BCUT2D eigenvalue weighted by atomic mass is 16.2. The number of rotatable bonds is 4. The first-order valence-electron chi connectivity index (χ1n) is 8.77. The first-order chi connectivity index (χ1) is 11.1. The number of aromatic nitrogens is 2. The zero-order valence-corrected chi connectivity index (χ0v) is 15.5. The fourth-order valence-corrected chi connectivity index (χ4v) is 3.24. The fourth-order valence-electron chi connectivity index (χ4n) is 3.24. The third kappa shape index (κ3) is 4.16. The highest BCUT2D eigenvalue weighted by Gasteiger charge is 2.28. The number of likely N-dealkylation sites (tertiary alicyclic amines) is 1.